The molecule has 0 spiro atoms. The number of rotatable bonds is 4. The molecule has 1 heterocycles. The molecule has 2 aromatic carbocycles. The van der Waals surface area contributed by atoms with E-state index < -0.39 is 0 Å². The molecular weight excluding hydrogens is 334 g/mol. The van der Waals surface area contributed by atoms with Crippen LogP contribution in [0, 0.1) is 20.8 Å². The first-order chi connectivity index (χ1) is 12.0. The highest BCUT2D eigenvalue weighted by molar-refractivity contribution is 8.00. The number of aryl methyl sites for hydroxylation is 2. The first kappa shape index (κ1) is 17.5. The summed E-state index contributed by atoms with van der Waals surface area (Å²) in [5, 5.41) is 0. The van der Waals surface area contributed by atoms with Gasteiger partial charge in [0.2, 0.25) is 5.91 Å². The third kappa shape index (κ3) is 3.71. The van der Waals surface area contributed by atoms with E-state index in [-0.39, 0.29) is 18.3 Å². The second kappa shape index (κ2) is 7.31. The van der Waals surface area contributed by atoms with Gasteiger partial charge in [-0.05, 0) is 49.6 Å². The topological polar surface area (TPSA) is 46.6 Å². The second-order valence-electron chi connectivity index (χ2n) is 6.18. The second-order valence-corrected chi connectivity index (χ2v) is 7.20. The summed E-state index contributed by atoms with van der Waals surface area (Å²) in [6.07, 6.45) is 0.164. The van der Waals surface area contributed by atoms with Gasteiger partial charge in [0.25, 0.3) is 0 Å². The van der Waals surface area contributed by atoms with Crippen molar-refractivity contribution in [2.75, 3.05) is 17.2 Å². The van der Waals surface area contributed by atoms with Gasteiger partial charge in [0.15, 0.2) is 0 Å². The van der Waals surface area contributed by atoms with E-state index in [9.17, 15) is 9.59 Å². The lowest BCUT2D eigenvalue weighted by Crippen LogP contribution is -2.37. The van der Waals surface area contributed by atoms with Crippen molar-refractivity contribution in [1.82, 2.24) is 0 Å². The van der Waals surface area contributed by atoms with Gasteiger partial charge in [-0.15, -0.1) is 11.8 Å². The quantitative estimate of drug-likeness (QED) is 0.613. The summed E-state index contributed by atoms with van der Waals surface area (Å²) in [6.45, 7) is 6.20. The summed E-state index contributed by atoms with van der Waals surface area (Å²) in [7, 11) is 0. The molecular formula is C20H21NO3S. The number of anilines is 1. The summed E-state index contributed by atoms with van der Waals surface area (Å²) in [5.74, 6) is 0.743. The summed E-state index contributed by atoms with van der Waals surface area (Å²) in [6, 6.07) is 11.7. The molecule has 1 aliphatic heterocycles. The Kier molecular flexibility index (Phi) is 5.13. The Morgan fingerprint density at radius 2 is 1.84 bits per heavy atom. The van der Waals surface area contributed by atoms with Gasteiger partial charge in [-0.3, -0.25) is 9.59 Å². The molecule has 0 saturated carbocycles. The zero-order valence-electron chi connectivity index (χ0n) is 14.7. The average Bonchev–Trinajstić information content (AvgIpc) is 2.61. The maximum absolute atomic E-state index is 12.3. The molecule has 0 N–H and O–H groups in total. The Balaban J connectivity index is 1.69. The fourth-order valence-electron chi connectivity index (χ4n) is 2.85. The third-order valence-corrected chi connectivity index (χ3v) is 5.48. The van der Waals surface area contributed by atoms with Crippen molar-refractivity contribution in [2.24, 2.45) is 0 Å². The molecule has 4 nitrogen and oxygen atoms in total. The maximum Gasteiger partial charge on any atom is 0.313 e. The Morgan fingerprint density at radius 3 is 2.64 bits per heavy atom. The molecule has 1 amide bonds. The number of ether oxygens (including phenoxy) is 1. The van der Waals surface area contributed by atoms with Crippen molar-refractivity contribution < 1.29 is 14.3 Å². The highest BCUT2D eigenvalue weighted by Crippen LogP contribution is 2.35. The molecule has 25 heavy (non-hydrogen) atoms. The standard InChI is InChI=1S/C20H21NO3S/c1-13-8-9-14(2)20(15(13)3)24-19(23)10-11-21-16-6-4-5-7-17(16)25-12-18(21)22/h4-9H,10-12H2,1-3H3. The van der Waals surface area contributed by atoms with Gasteiger partial charge in [0, 0.05) is 11.4 Å². The van der Waals surface area contributed by atoms with Crippen molar-refractivity contribution in [3.63, 3.8) is 0 Å². The molecule has 3 rings (SSSR count). The predicted molar refractivity (Wildman–Crippen MR) is 100 cm³/mol. The number of thioether (sulfide) groups is 1. The number of carbonyl (C=O) groups is 2. The van der Waals surface area contributed by atoms with Crippen molar-refractivity contribution in [3.05, 3.63) is 53.1 Å². The molecule has 5 heteroatoms. The number of nitrogens with zero attached hydrogens (tertiary/aromatic N) is 1. The normalized spacial score (nSPS) is 13.6. The van der Waals surface area contributed by atoms with Crippen molar-refractivity contribution in [3.8, 4) is 5.75 Å². The van der Waals surface area contributed by atoms with Gasteiger partial charge in [-0.2, -0.15) is 0 Å². The Bertz CT molecular complexity index is 832. The largest absolute Gasteiger partial charge is 0.426 e. The SMILES string of the molecule is Cc1ccc(C)c(OC(=O)CCN2C(=O)CSc3ccccc32)c1C. The van der Waals surface area contributed by atoms with E-state index >= 15 is 0 Å². The number of fused-ring (bicyclic) bond motifs is 1. The highest BCUT2D eigenvalue weighted by Gasteiger charge is 2.25. The van der Waals surface area contributed by atoms with Gasteiger partial charge < -0.3 is 9.64 Å². The molecule has 0 atom stereocenters. The van der Waals surface area contributed by atoms with E-state index in [1.165, 1.54) is 11.8 Å². The van der Waals surface area contributed by atoms with E-state index in [1.54, 1.807) is 4.90 Å². The average molecular weight is 355 g/mol. The Labute approximate surface area is 152 Å². The van der Waals surface area contributed by atoms with E-state index in [4.69, 9.17) is 4.74 Å². The van der Waals surface area contributed by atoms with Crippen LogP contribution in [0.15, 0.2) is 41.3 Å². The number of para-hydroxylation sites is 1. The van der Waals surface area contributed by atoms with Crippen LogP contribution in [0.4, 0.5) is 5.69 Å². The lowest BCUT2D eigenvalue weighted by Gasteiger charge is -2.28. The number of hydrogen-bond acceptors (Lipinski definition) is 4. The Hall–Kier alpha value is -2.27. The fourth-order valence-corrected chi connectivity index (χ4v) is 3.79. The van der Waals surface area contributed by atoms with Crippen LogP contribution in [0.2, 0.25) is 0 Å². The highest BCUT2D eigenvalue weighted by atomic mass is 32.2. The number of amides is 1. The first-order valence-electron chi connectivity index (χ1n) is 8.27. The number of carbonyl (C=O) groups excluding carboxylic acids is 2. The summed E-state index contributed by atoms with van der Waals surface area (Å²) in [5.41, 5.74) is 3.88. The number of hydrogen-bond donors (Lipinski definition) is 0. The van der Waals surface area contributed by atoms with Crippen LogP contribution in [0.25, 0.3) is 0 Å². The molecule has 130 valence electrons. The molecule has 0 bridgehead atoms. The molecule has 0 radical (unpaired) electrons. The zero-order valence-corrected chi connectivity index (χ0v) is 15.5. The van der Waals surface area contributed by atoms with Crippen LogP contribution in [0.3, 0.4) is 0 Å². The molecule has 2 aromatic rings. The summed E-state index contributed by atoms with van der Waals surface area (Å²) < 4.78 is 5.59. The van der Waals surface area contributed by atoms with Crippen LogP contribution in [-0.2, 0) is 9.59 Å². The van der Waals surface area contributed by atoms with E-state index in [2.05, 4.69) is 0 Å². The number of benzene rings is 2. The molecule has 0 aliphatic carbocycles. The minimum absolute atomic E-state index is 0.0272. The lowest BCUT2D eigenvalue weighted by atomic mass is 10.1. The summed E-state index contributed by atoms with van der Waals surface area (Å²) in [4.78, 5) is 27.3. The van der Waals surface area contributed by atoms with E-state index in [1.807, 2.05) is 57.2 Å². The maximum atomic E-state index is 12.3. The van der Waals surface area contributed by atoms with Crippen LogP contribution < -0.4 is 9.64 Å². The van der Waals surface area contributed by atoms with Crippen LogP contribution in [-0.4, -0.2) is 24.2 Å². The molecule has 0 saturated heterocycles. The Morgan fingerprint density at radius 1 is 1.12 bits per heavy atom. The van der Waals surface area contributed by atoms with Gasteiger partial charge in [0.1, 0.15) is 5.75 Å². The van der Waals surface area contributed by atoms with E-state index in [0.717, 1.165) is 27.3 Å². The molecule has 0 aromatic heterocycles. The lowest BCUT2D eigenvalue weighted by molar-refractivity contribution is -0.134. The van der Waals surface area contributed by atoms with Crippen LogP contribution in [0.5, 0.6) is 5.75 Å². The van der Waals surface area contributed by atoms with Crippen LogP contribution >= 0.6 is 11.8 Å². The minimum Gasteiger partial charge on any atom is -0.426 e. The van der Waals surface area contributed by atoms with Gasteiger partial charge in [-0.1, -0.05) is 24.3 Å². The molecule has 1 aliphatic rings. The number of esters is 1. The predicted octanol–water partition coefficient (Wildman–Crippen LogP) is 4.05. The van der Waals surface area contributed by atoms with Gasteiger partial charge in [0.05, 0.1) is 17.9 Å². The smallest absolute Gasteiger partial charge is 0.313 e. The summed E-state index contributed by atoms with van der Waals surface area (Å²) >= 11 is 1.54. The molecule has 0 unspecified atom stereocenters. The van der Waals surface area contributed by atoms with Crippen molar-refractivity contribution >= 4 is 29.3 Å². The molecule has 0 fully saturated rings. The van der Waals surface area contributed by atoms with Crippen molar-refractivity contribution in [1.29, 1.82) is 0 Å². The fraction of sp³-hybridized carbons (Fsp3) is 0.300. The third-order valence-electron chi connectivity index (χ3n) is 4.44. The van der Waals surface area contributed by atoms with Crippen molar-refractivity contribution in [2.45, 2.75) is 32.1 Å². The van der Waals surface area contributed by atoms with Gasteiger partial charge >= 0.3 is 5.97 Å². The minimum atomic E-state index is -0.319. The zero-order chi connectivity index (χ0) is 18.0. The van der Waals surface area contributed by atoms with Gasteiger partial charge in [-0.25, -0.2) is 0 Å². The first-order valence-corrected chi connectivity index (χ1v) is 9.25. The van der Waals surface area contributed by atoms with Crippen LogP contribution in [0.1, 0.15) is 23.1 Å². The monoisotopic (exact) mass is 355 g/mol. The van der Waals surface area contributed by atoms with E-state index in [0.29, 0.717) is 18.0 Å².